The van der Waals surface area contributed by atoms with Gasteiger partial charge in [0, 0.05) is 10.0 Å². The van der Waals surface area contributed by atoms with Gasteiger partial charge < -0.3 is 0 Å². The van der Waals surface area contributed by atoms with Gasteiger partial charge in [-0.05, 0) is 30.2 Å². The summed E-state index contributed by atoms with van der Waals surface area (Å²) in [6.45, 7) is 1.86. The Morgan fingerprint density at radius 3 is 2.36 bits per heavy atom. The highest BCUT2D eigenvalue weighted by molar-refractivity contribution is 9.12. The van der Waals surface area contributed by atoms with Crippen molar-refractivity contribution in [2.24, 2.45) is 0 Å². The number of nitrogens with zero attached hydrogens (tertiary/aromatic N) is 1. The Labute approximate surface area is 138 Å². The molecule has 0 unspecified atom stereocenters. The lowest BCUT2D eigenvalue weighted by Crippen LogP contribution is -2.04. The van der Waals surface area contributed by atoms with Gasteiger partial charge in [-0.25, -0.2) is 0 Å². The number of hydrogen-bond donors (Lipinski definition) is 0. The number of benzene rings is 2. The molecule has 2 nitrogen and oxygen atoms in total. The fourth-order valence-corrected chi connectivity index (χ4v) is 2.50. The first-order chi connectivity index (χ1) is 10.6. The summed E-state index contributed by atoms with van der Waals surface area (Å²) in [5.41, 5.74) is 2.51. The van der Waals surface area contributed by atoms with Crippen molar-refractivity contribution in [2.75, 3.05) is 0 Å². The fourth-order valence-electron chi connectivity index (χ4n) is 2.01. The van der Waals surface area contributed by atoms with Crippen LogP contribution >= 0.6 is 15.9 Å². The summed E-state index contributed by atoms with van der Waals surface area (Å²) < 4.78 is 0.678. The number of hydrogen-bond acceptors (Lipinski definition) is 2. The minimum Gasteiger partial charge on any atom is -0.288 e. The maximum Gasteiger partial charge on any atom is 0.203 e. The van der Waals surface area contributed by atoms with Crippen LogP contribution in [0.3, 0.4) is 0 Å². The molecule has 0 amide bonds. The molecule has 0 aromatic heterocycles. The standard InChI is InChI=1S/C19H14BrNO/c1-14-7-5-6-10-18(14)19(22)16(13-21)12-17(20)11-15-8-3-2-4-9-15/h2-12H,1H3/b16-12+,17-11-. The molecule has 22 heavy (non-hydrogen) atoms. The number of ketones is 1. The second-order valence-corrected chi connectivity index (χ2v) is 5.67. The van der Waals surface area contributed by atoms with E-state index in [4.69, 9.17) is 0 Å². The van der Waals surface area contributed by atoms with Crippen LogP contribution in [0.1, 0.15) is 21.5 Å². The molecule has 2 aromatic carbocycles. The number of aryl methyl sites for hydroxylation is 1. The van der Waals surface area contributed by atoms with Gasteiger partial charge in [0.1, 0.15) is 11.6 Å². The highest BCUT2D eigenvalue weighted by atomic mass is 79.9. The van der Waals surface area contributed by atoms with Crippen molar-refractivity contribution >= 4 is 27.8 Å². The summed E-state index contributed by atoms with van der Waals surface area (Å²) in [6.07, 6.45) is 3.42. The Hall–Kier alpha value is -2.44. The van der Waals surface area contributed by atoms with E-state index < -0.39 is 0 Å². The third-order valence-corrected chi connectivity index (χ3v) is 3.60. The van der Waals surface area contributed by atoms with Crippen LogP contribution in [0.25, 0.3) is 6.08 Å². The van der Waals surface area contributed by atoms with Crippen LogP contribution in [0.2, 0.25) is 0 Å². The first-order valence-electron chi connectivity index (χ1n) is 6.76. The van der Waals surface area contributed by atoms with E-state index in [-0.39, 0.29) is 11.4 Å². The molecule has 0 saturated carbocycles. The average molecular weight is 352 g/mol. The fraction of sp³-hybridized carbons (Fsp3) is 0.0526. The van der Waals surface area contributed by atoms with E-state index in [0.29, 0.717) is 10.0 Å². The number of Topliss-reactive ketones (excluding diaryl/α,β-unsaturated/α-hetero) is 1. The molecule has 0 fully saturated rings. The quantitative estimate of drug-likeness (QED) is 0.334. The van der Waals surface area contributed by atoms with Crippen LogP contribution < -0.4 is 0 Å². The van der Waals surface area contributed by atoms with Gasteiger partial charge >= 0.3 is 0 Å². The van der Waals surface area contributed by atoms with E-state index in [9.17, 15) is 10.1 Å². The molecule has 2 rings (SSSR count). The lowest BCUT2D eigenvalue weighted by atomic mass is 9.99. The van der Waals surface area contributed by atoms with Gasteiger partial charge in [0.15, 0.2) is 0 Å². The van der Waals surface area contributed by atoms with E-state index in [1.165, 1.54) is 0 Å². The molecule has 108 valence electrons. The number of carbonyl (C=O) groups excluding carboxylic acids is 1. The van der Waals surface area contributed by atoms with Gasteiger partial charge in [-0.1, -0.05) is 70.5 Å². The van der Waals surface area contributed by atoms with E-state index in [1.807, 2.05) is 61.5 Å². The minimum absolute atomic E-state index is 0.105. The average Bonchev–Trinajstić information content (AvgIpc) is 2.53. The first-order valence-corrected chi connectivity index (χ1v) is 7.55. The summed E-state index contributed by atoms with van der Waals surface area (Å²) in [4.78, 5) is 12.4. The Bertz CT molecular complexity index is 783. The molecule has 0 aliphatic rings. The van der Waals surface area contributed by atoms with Crippen molar-refractivity contribution in [1.82, 2.24) is 0 Å². The maximum atomic E-state index is 12.4. The largest absolute Gasteiger partial charge is 0.288 e. The summed E-state index contributed by atoms with van der Waals surface area (Å²) in [7, 11) is 0. The molecular weight excluding hydrogens is 338 g/mol. The molecule has 3 heteroatoms. The molecule has 0 atom stereocenters. The molecule has 0 aliphatic heterocycles. The van der Waals surface area contributed by atoms with E-state index in [0.717, 1.165) is 11.1 Å². The molecule has 2 aromatic rings. The number of carbonyl (C=O) groups is 1. The summed E-state index contributed by atoms with van der Waals surface area (Å²) >= 11 is 3.40. The molecule has 0 bridgehead atoms. The van der Waals surface area contributed by atoms with Crippen molar-refractivity contribution in [3.63, 3.8) is 0 Å². The highest BCUT2D eigenvalue weighted by Gasteiger charge is 2.14. The van der Waals surface area contributed by atoms with Gasteiger partial charge in [-0.3, -0.25) is 4.79 Å². The van der Waals surface area contributed by atoms with E-state index in [2.05, 4.69) is 15.9 Å². The highest BCUT2D eigenvalue weighted by Crippen LogP contribution is 2.19. The van der Waals surface area contributed by atoms with E-state index >= 15 is 0 Å². The second kappa shape index (κ2) is 7.53. The summed E-state index contributed by atoms with van der Waals surface area (Å²) in [6, 6.07) is 18.9. The third-order valence-electron chi connectivity index (χ3n) is 3.14. The van der Waals surface area contributed by atoms with Gasteiger partial charge in [-0.15, -0.1) is 0 Å². The van der Waals surface area contributed by atoms with Crippen LogP contribution in [0.5, 0.6) is 0 Å². The Morgan fingerprint density at radius 2 is 1.73 bits per heavy atom. The normalized spacial score (nSPS) is 11.9. The smallest absolute Gasteiger partial charge is 0.203 e. The zero-order valence-corrected chi connectivity index (χ0v) is 13.7. The molecule has 0 heterocycles. The van der Waals surface area contributed by atoms with Crippen LogP contribution in [-0.2, 0) is 0 Å². The Morgan fingerprint density at radius 1 is 1.09 bits per heavy atom. The van der Waals surface area contributed by atoms with Gasteiger partial charge in [0.25, 0.3) is 0 Å². The molecule has 0 N–H and O–H groups in total. The number of allylic oxidation sites excluding steroid dienone is 3. The molecule has 0 radical (unpaired) electrons. The lowest BCUT2D eigenvalue weighted by Gasteiger charge is -2.03. The zero-order chi connectivity index (χ0) is 15.9. The first kappa shape index (κ1) is 15.9. The van der Waals surface area contributed by atoms with Crippen LogP contribution in [0.4, 0.5) is 0 Å². The van der Waals surface area contributed by atoms with Crippen LogP contribution in [0.15, 0.2) is 70.7 Å². The van der Waals surface area contributed by atoms with Crippen molar-refractivity contribution in [1.29, 1.82) is 5.26 Å². The van der Waals surface area contributed by atoms with E-state index in [1.54, 1.807) is 18.2 Å². The van der Waals surface area contributed by atoms with Crippen molar-refractivity contribution in [3.8, 4) is 6.07 Å². The van der Waals surface area contributed by atoms with Gasteiger partial charge in [0.2, 0.25) is 5.78 Å². The number of rotatable bonds is 4. The number of nitriles is 1. The molecule has 0 aliphatic carbocycles. The van der Waals surface area contributed by atoms with Crippen LogP contribution in [-0.4, -0.2) is 5.78 Å². The zero-order valence-electron chi connectivity index (χ0n) is 12.1. The van der Waals surface area contributed by atoms with Crippen molar-refractivity contribution < 1.29 is 4.79 Å². The van der Waals surface area contributed by atoms with Crippen molar-refractivity contribution in [3.05, 3.63) is 87.4 Å². The topological polar surface area (TPSA) is 40.9 Å². The molecule has 0 saturated heterocycles. The maximum absolute atomic E-state index is 12.4. The second-order valence-electron chi connectivity index (χ2n) is 4.75. The monoisotopic (exact) mass is 351 g/mol. The van der Waals surface area contributed by atoms with Crippen LogP contribution in [0, 0.1) is 18.3 Å². The Kier molecular flexibility index (Phi) is 5.46. The lowest BCUT2D eigenvalue weighted by molar-refractivity contribution is 0.103. The predicted octanol–water partition coefficient (Wildman–Crippen LogP) is 5.06. The predicted molar refractivity (Wildman–Crippen MR) is 92.6 cm³/mol. The third kappa shape index (κ3) is 4.03. The van der Waals surface area contributed by atoms with Gasteiger partial charge in [-0.2, -0.15) is 5.26 Å². The SMILES string of the molecule is Cc1ccccc1C(=O)/C(C#N)=C/C(Br)=C/c1ccccc1. The number of halogens is 1. The molecular formula is C19H14BrNO. The molecule has 0 spiro atoms. The van der Waals surface area contributed by atoms with Crippen molar-refractivity contribution in [2.45, 2.75) is 6.92 Å². The summed E-state index contributed by atoms with van der Waals surface area (Å²) in [5.74, 6) is -0.265. The van der Waals surface area contributed by atoms with Gasteiger partial charge in [0.05, 0.1) is 0 Å². The minimum atomic E-state index is -0.265. The summed E-state index contributed by atoms with van der Waals surface area (Å²) in [5, 5.41) is 9.28. The Balaban J connectivity index is 2.32.